The van der Waals surface area contributed by atoms with Crippen molar-refractivity contribution < 1.29 is 4.74 Å². The number of ether oxygens (including phenoxy) is 1. The summed E-state index contributed by atoms with van der Waals surface area (Å²) in [6.07, 6.45) is 2.03. The predicted molar refractivity (Wildman–Crippen MR) is 83.1 cm³/mol. The number of aryl methyl sites for hydroxylation is 2. The molecule has 0 N–H and O–H groups in total. The fourth-order valence-electron chi connectivity index (χ4n) is 2.17. The summed E-state index contributed by atoms with van der Waals surface area (Å²) in [5.41, 5.74) is 3.46. The summed E-state index contributed by atoms with van der Waals surface area (Å²) < 4.78 is 8.72. The Kier molecular flexibility index (Phi) is 3.49. The fraction of sp³-hybridized carbons (Fsp3) is 0.188. The number of benzene rings is 1. The summed E-state index contributed by atoms with van der Waals surface area (Å²) in [5, 5.41) is 0. The number of imidazole rings is 1. The largest absolute Gasteiger partial charge is 0.486 e. The third-order valence-corrected chi connectivity index (χ3v) is 3.77. The predicted octanol–water partition coefficient (Wildman–Crippen LogP) is 4.29. The van der Waals surface area contributed by atoms with Crippen LogP contribution in [0.1, 0.15) is 17.0 Å². The summed E-state index contributed by atoms with van der Waals surface area (Å²) in [4.78, 5) is 4.52. The van der Waals surface area contributed by atoms with Crippen molar-refractivity contribution in [1.29, 1.82) is 0 Å². The van der Waals surface area contributed by atoms with Crippen molar-refractivity contribution >= 4 is 21.4 Å². The van der Waals surface area contributed by atoms with Crippen molar-refractivity contribution in [3.05, 3.63) is 64.1 Å². The van der Waals surface area contributed by atoms with Crippen LogP contribution in [0.5, 0.6) is 5.75 Å². The highest BCUT2D eigenvalue weighted by molar-refractivity contribution is 9.10. The summed E-state index contributed by atoms with van der Waals surface area (Å²) in [6.45, 7) is 4.57. The van der Waals surface area contributed by atoms with Crippen LogP contribution in [0.15, 0.2) is 47.2 Å². The average molecular weight is 331 g/mol. The van der Waals surface area contributed by atoms with Gasteiger partial charge in [-0.25, -0.2) is 4.98 Å². The number of pyridine rings is 1. The van der Waals surface area contributed by atoms with E-state index < -0.39 is 0 Å². The standard InChI is InChI=1S/C16H15BrN2O/c1-11-4-3-5-13(8-11)20-10-15-18-16(17)14-9-12(2)6-7-19(14)15/h3-9H,10H2,1-2H3. The summed E-state index contributed by atoms with van der Waals surface area (Å²) in [5.74, 6) is 1.75. The van der Waals surface area contributed by atoms with E-state index in [9.17, 15) is 0 Å². The van der Waals surface area contributed by atoms with Crippen LogP contribution in [0.2, 0.25) is 0 Å². The average Bonchev–Trinajstić information content (AvgIpc) is 2.73. The monoisotopic (exact) mass is 330 g/mol. The number of nitrogens with zero attached hydrogens (tertiary/aromatic N) is 2. The highest BCUT2D eigenvalue weighted by atomic mass is 79.9. The molecule has 0 amide bonds. The van der Waals surface area contributed by atoms with Crippen molar-refractivity contribution in [1.82, 2.24) is 9.38 Å². The lowest BCUT2D eigenvalue weighted by atomic mass is 10.2. The Bertz CT molecular complexity index is 764. The van der Waals surface area contributed by atoms with Crippen molar-refractivity contribution in [3.8, 4) is 5.75 Å². The molecule has 4 heteroatoms. The molecular weight excluding hydrogens is 316 g/mol. The van der Waals surface area contributed by atoms with Crippen LogP contribution in [-0.2, 0) is 6.61 Å². The first-order chi connectivity index (χ1) is 9.63. The van der Waals surface area contributed by atoms with Crippen LogP contribution in [0.3, 0.4) is 0 Å². The van der Waals surface area contributed by atoms with Gasteiger partial charge in [0.1, 0.15) is 17.0 Å². The lowest BCUT2D eigenvalue weighted by molar-refractivity contribution is 0.295. The minimum Gasteiger partial charge on any atom is -0.486 e. The molecule has 0 aliphatic rings. The van der Waals surface area contributed by atoms with E-state index in [1.54, 1.807) is 0 Å². The quantitative estimate of drug-likeness (QED) is 0.716. The molecule has 0 fully saturated rings. The second-order valence-electron chi connectivity index (χ2n) is 4.88. The first-order valence-electron chi connectivity index (χ1n) is 6.46. The highest BCUT2D eigenvalue weighted by Gasteiger charge is 2.09. The van der Waals surface area contributed by atoms with Gasteiger partial charge < -0.3 is 4.74 Å². The van der Waals surface area contributed by atoms with Crippen LogP contribution < -0.4 is 4.74 Å². The van der Waals surface area contributed by atoms with Crippen molar-refractivity contribution in [3.63, 3.8) is 0 Å². The SMILES string of the molecule is Cc1cccc(OCc2nc(Br)c3cc(C)ccn23)c1. The summed E-state index contributed by atoms with van der Waals surface area (Å²) in [6, 6.07) is 12.2. The number of halogens is 1. The lowest BCUT2D eigenvalue weighted by Gasteiger charge is -2.06. The van der Waals surface area contributed by atoms with Crippen molar-refractivity contribution in [2.75, 3.05) is 0 Å². The minimum atomic E-state index is 0.444. The Hall–Kier alpha value is -1.81. The Morgan fingerprint density at radius 2 is 1.95 bits per heavy atom. The maximum Gasteiger partial charge on any atom is 0.152 e. The molecule has 3 aromatic rings. The Morgan fingerprint density at radius 1 is 1.15 bits per heavy atom. The van der Waals surface area contributed by atoms with Crippen LogP contribution in [0.25, 0.3) is 5.52 Å². The third-order valence-electron chi connectivity index (χ3n) is 3.18. The molecule has 0 unspecified atom stereocenters. The minimum absolute atomic E-state index is 0.444. The van der Waals surface area contributed by atoms with Crippen molar-refractivity contribution in [2.24, 2.45) is 0 Å². The molecule has 0 bridgehead atoms. The maximum absolute atomic E-state index is 5.82. The molecular formula is C16H15BrN2O. The van der Waals surface area contributed by atoms with E-state index in [0.29, 0.717) is 6.61 Å². The van der Waals surface area contributed by atoms with Gasteiger partial charge in [-0.15, -0.1) is 0 Å². The van der Waals surface area contributed by atoms with E-state index in [0.717, 1.165) is 21.7 Å². The molecule has 1 aromatic carbocycles. The first kappa shape index (κ1) is 13.2. The van der Waals surface area contributed by atoms with Gasteiger partial charge in [-0.05, 0) is 65.2 Å². The molecule has 0 saturated heterocycles. The molecule has 102 valence electrons. The van der Waals surface area contributed by atoms with E-state index in [1.807, 2.05) is 28.8 Å². The second-order valence-corrected chi connectivity index (χ2v) is 5.63. The zero-order valence-electron chi connectivity index (χ0n) is 11.4. The van der Waals surface area contributed by atoms with E-state index in [4.69, 9.17) is 4.74 Å². The van der Waals surface area contributed by atoms with E-state index in [2.05, 4.69) is 53.0 Å². The van der Waals surface area contributed by atoms with E-state index in [-0.39, 0.29) is 0 Å². The van der Waals surface area contributed by atoms with Gasteiger partial charge in [0, 0.05) is 6.20 Å². The normalized spacial score (nSPS) is 10.9. The number of hydrogen-bond acceptors (Lipinski definition) is 2. The number of aromatic nitrogens is 2. The molecule has 2 aromatic heterocycles. The van der Waals surface area contributed by atoms with E-state index >= 15 is 0 Å². The Labute approximate surface area is 126 Å². The first-order valence-corrected chi connectivity index (χ1v) is 7.25. The molecule has 0 spiro atoms. The maximum atomic E-state index is 5.82. The van der Waals surface area contributed by atoms with Crippen LogP contribution in [-0.4, -0.2) is 9.38 Å². The topological polar surface area (TPSA) is 26.5 Å². The molecule has 0 atom stereocenters. The Balaban J connectivity index is 1.88. The number of hydrogen-bond donors (Lipinski definition) is 0. The lowest BCUT2D eigenvalue weighted by Crippen LogP contribution is -2.01. The fourth-order valence-corrected chi connectivity index (χ4v) is 2.68. The molecule has 3 rings (SSSR count). The molecule has 20 heavy (non-hydrogen) atoms. The highest BCUT2D eigenvalue weighted by Crippen LogP contribution is 2.21. The van der Waals surface area contributed by atoms with Crippen molar-refractivity contribution in [2.45, 2.75) is 20.5 Å². The van der Waals surface area contributed by atoms with Gasteiger partial charge in [-0.2, -0.15) is 0 Å². The number of fused-ring (bicyclic) bond motifs is 1. The molecule has 2 heterocycles. The van der Waals surface area contributed by atoms with Gasteiger partial charge in [0.25, 0.3) is 0 Å². The number of rotatable bonds is 3. The molecule has 0 saturated carbocycles. The zero-order chi connectivity index (χ0) is 14.1. The van der Waals surface area contributed by atoms with Gasteiger partial charge >= 0.3 is 0 Å². The van der Waals surface area contributed by atoms with Gasteiger partial charge in [0.15, 0.2) is 5.82 Å². The van der Waals surface area contributed by atoms with Gasteiger partial charge in [-0.1, -0.05) is 12.1 Å². The smallest absolute Gasteiger partial charge is 0.152 e. The second kappa shape index (κ2) is 5.29. The molecule has 0 radical (unpaired) electrons. The molecule has 0 aliphatic carbocycles. The van der Waals surface area contributed by atoms with Gasteiger partial charge in [0.2, 0.25) is 0 Å². The van der Waals surface area contributed by atoms with E-state index in [1.165, 1.54) is 11.1 Å². The molecule has 3 nitrogen and oxygen atoms in total. The molecule has 0 aliphatic heterocycles. The summed E-state index contributed by atoms with van der Waals surface area (Å²) >= 11 is 3.50. The summed E-state index contributed by atoms with van der Waals surface area (Å²) in [7, 11) is 0. The Morgan fingerprint density at radius 3 is 2.75 bits per heavy atom. The third kappa shape index (κ3) is 2.56. The van der Waals surface area contributed by atoms with Gasteiger partial charge in [0.05, 0.1) is 5.52 Å². The van der Waals surface area contributed by atoms with Crippen LogP contribution >= 0.6 is 15.9 Å². The van der Waals surface area contributed by atoms with Crippen LogP contribution in [0, 0.1) is 13.8 Å². The van der Waals surface area contributed by atoms with Gasteiger partial charge in [-0.3, -0.25) is 4.40 Å². The zero-order valence-corrected chi connectivity index (χ0v) is 13.0. The van der Waals surface area contributed by atoms with Crippen LogP contribution in [0.4, 0.5) is 0 Å².